The van der Waals surface area contributed by atoms with E-state index in [0.29, 0.717) is 0 Å². The second-order valence-corrected chi connectivity index (χ2v) is 5.80. The van der Waals surface area contributed by atoms with Crippen LogP contribution in [0.4, 0.5) is 0 Å². The van der Waals surface area contributed by atoms with Crippen LogP contribution in [0.2, 0.25) is 0 Å². The summed E-state index contributed by atoms with van der Waals surface area (Å²) < 4.78 is 0. The van der Waals surface area contributed by atoms with Gasteiger partial charge in [-0.05, 0) is 33.4 Å². The molecule has 2 nitrogen and oxygen atoms in total. The Morgan fingerprint density at radius 2 is 2.33 bits per heavy atom. The highest BCUT2D eigenvalue weighted by Gasteiger charge is 2.23. The van der Waals surface area contributed by atoms with Gasteiger partial charge in [0.15, 0.2) is 0 Å². The summed E-state index contributed by atoms with van der Waals surface area (Å²) in [5, 5.41) is 3.57. The fraction of sp³-hybridized carbons (Fsp3) is 0.833. The summed E-state index contributed by atoms with van der Waals surface area (Å²) in [6, 6.07) is 0. The van der Waals surface area contributed by atoms with Gasteiger partial charge in [0.1, 0.15) is 0 Å². The molecule has 0 spiro atoms. The molecule has 0 unspecified atom stereocenters. The molecule has 3 heteroatoms. The van der Waals surface area contributed by atoms with E-state index in [1.54, 1.807) is 0 Å². The van der Waals surface area contributed by atoms with Gasteiger partial charge in [-0.15, -0.1) is 18.2 Å². The molecule has 0 aromatic rings. The second kappa shape index (κ2) is 6.42. The topological polar surface area (TPSA) is 15.3 Å². The van der Waals surface area contributed by atoms with Crippen molar-refractivity contribution in [3.05, 3.63) is 0 Å². The fourth-order valence-electron chi connectivity index (χ4n) is 1.94. The highest BCUT2D eigenvalue weighted by molar-refractivity contribution is 7.99. The lowest BCUT2D eigenvalue weighted by molar-refractivity contribution is 0.243. The first kappa shape index (κ1) is 12.9. The first-order valence-corrected chi connectivity index (χ1v) is 6.78. The summed E-state index contributed by atoms with van der Waals surface area (Å²) in [6.07, 6.45) is 6.47. The number of nitrogens with one attached hydrogen (secondary N) is 1. The van der Waals surface area contributed by atoms with E-state index in [-0.39, 0.29) is 5.54 Å². The quantitative estimate of drug-likeness (QED) is 0.577. The first-order chi connectivity index (χ1) is 7.14. The molecule has 1 rings (SSSR count). The number of hydrogen-bond acceptors (Lipinski definition) is 3. The molecule has 1 aliphatic rings. The Morgan fingerprint density at radius 3 is 3.07 bits per heavy atom. The van der Waals surface area contributed by atoms with Gasteiger partial charge in [0, 0.05) is 24.4 Å². The van der Waals surface area contributed by atoms with E-state index in [0.717, 1.165) is 31.1 Å². The summed E-state index contributed by atoms with van der Waals surface area (Å²) in [5.74, 6) is 4.66. The van der Waals surface area contributed by atoms with Crippen LogP contribution in [-0.4, -0.2) is 48.1 Å². The predicted molar refractivity (Wildman–Crippen MR) is 69.3 cm³/mol. The lowest BCUT2D eigenvalue weighted by atomic mass is 10.1. The zero-order valence-corrected chi connectivity index (χ0v) is 10.7. The molecule has 0 saturated carbocycles. The van der Waals surface area contributed by atoms with Crippen molar-refractivity contribution in [1.29, 1.82) is 0 Å². The second-order valence-electron chi connectivity index (χ2n) is 4.70. The fourth-order valence-corrected chi connectivity index (χ4v) is 2.59. The van der Waals surface area contributed by atoms with E-state index in [9.17, 15) is 0 Å². The highest BCUT2D eigenvalue weighted by Crippen LogP contribution is 2.11. The molecule has 0 aromatic heterocycles. The third-order valence-corrected chi connectivity index (χ3v) is 3.45. The molecule has 1 aliphatic heterocycles. The van der Waals surface area contributed by atoms with Gasteiger partial charge in [-0.25, -0.2) is 0 Å². The van der Waals surface area contributed by atoms with Gasteiger partial charge in [-0.1, -0.05) is 5.92 Å². The zero-order valence-electron chi connectivity index (χ0n) is 9.88. The van der Waals surface area contributed by atoms with Crippen LogP contribution in [0, 0.1) is 12.3 Å². The Balaban J connectivity index is 2.25. The van der Waals surface area contributed by atoms with Crippen molar-refractivity contribution >= 4 is 11.8 Å². The maximum atomic E-state index is 5.22. The minimum absolute atomic E-state index is 0.257. The van der Waals surface area contributed by atoms with Crippen molar-refractivity contribution in [2.45, 2.75) is 25.8 Å². The number of thioether (sulfide) groups is 1. The van der Waals surface area contributed by atoms with Gasteiger partial charge in [0.25, 0.3) is 0 Å². The van der Waals surface area contributed by atoms with Crippen LogP contribution < -0.4 is 5.32 Å². The van der Waals surface area contributed by atoms with Gasteiger partial charge in [-0.3, -0.25) is 0 Å². The molecule has 1 fully saturated rings. The molecular formula is C12H22N2S. The maximum Gasteiger partial charge on any atom is 0.0545 e. The van der Waals surface area contributed by atoms with Crippen molar-refractivity contribution < 1.29 is 0 Å². The summed E-state index contributed by atoms with van der Waals surface area (Å²) in [7, 11) is 0. The normalized spacial score (nSPS) is 21.9. The Morgan fingerprint density at radius 1 is 1.53 bits per heavy atom. The molecule has 1 N–H and O–H groups in total. The molecule has 0 atom stereocenters. The summed E-state index contributed by atoms with van der Waals surface area (Å²) in [4.78, 5) is 2.55. The third-order valence-electron chi connectivity index (χ3n) is 2.61. The zero-order chi connectivity index (χ0) is 11.1. The van der Waals surface area contributed by atoms with Gasteiger partial charge in [0.05, 0.1) is 5.75 Å². The first-order valence-electron chi connectivity index (χ1n) is 5.63. The molecule has 0 bridgehead atoms. The Kier molecular flexibility index (Phi) is 5.52. The van der Waals surface area contributed by atoms with Crippen molar-refractivity contribution in [3.8, 4) is 12.3 Å². The summed E-state index contributed by atoms with van der Waals surface area (Å²) in [6.45, 7) is 9.22. The van der Waals surface area contributed by atoms with E-state index in [1.807, 2.05) is 11.8 Å². The standard InChI is InChI=1S/C12H22N2S/c1-4-9-15-10-8-14-7-5-6-13-12(2,3)11-14/h1,13H,5-11H2,2-3H3. The van der Waals surface area contributed by atoms with E-state index in [4.69, 9.17) is 6.42 Å². The average molecular weight is 226 g/mol. The van der Waals surface area contributed by atoms with E-state index < -0.39 is 0 Å². The maximum absolute atomic E-state index is 5.22. The van der Waals surface area contributed by atoms with Crippen LogP contribution in [0.3, 0.4) is 0 Å². The average Bonchev–Trinajstić information content (AvgIpc) is 2.34. The molecule has 86 valence electrons. The van der Waals surface area contributed by atoms with Crippen molar-refractivity contribution in [3.63, 3.8) is 0 Å². The highest BCUT2D eigenvalue weighted by atomic mass is 32.2. The van der Waals surface area contributed by atoms with Crippen LogP contribution in [-0.2, 0) is 0 Å². The molecule has 1 heterocycles. The van der Waals surface area contributed by atoms with Crippen LogP contribution in [0.15, 0.2) is 0 Å². The minimum atomic E-state index is 0.257. The van der Waals surface area contributed by atoms with Crippen LogP contribution in [0.25, 0.3) is 0 Å². The number of rotatable bonds is 4. The molecule has 0 aliphatic carbocycles. The minimum Gasteiger partial charge on any atom is -0.310 e. The van der Waals surface area contributed by atoms with E-state index in [2.05, 4.69) is 30.0 Å². The molecule has 15 heavy (non-hydrogen) atoms. The Labute approximate surface area is 98.2 Å². The lowest BCUT2D eigenvalue weighted by Crippen LogP contribution is -2.46. The molecule has 0 aromatic carbocycles. The van der Waals surface area contributed by atoms with Crippen molar-refractivity contribution in [2.24, 2.45) is 0 Å². The SMILES string of the molecule is C#CCSCCN1CCCNC(C)(C)C1. The van der Waals surface area contributed by atoms with Crippen LogP contribution >= 0.6 is 11.8 Å². The number of nitrogens with zero attached hydrogens (tertiary/aromatic N) is 1. The summed E-state index contributed by atoms with van der Waals surface area (Å²) in [5.41, 5.74) is 0.257. The van der Waals surface area contributed by atoms with Crippen LogP contribution in [0.5, 0.6) is 0 Å². The third kappa shape index (κ3) is 5.46. The smallest absolute Gasteiger partial charge is 0.0545 e. The number of terminal acetylenes is 1. The van der Waals surface area contributed by atoms with E-state index in [1.165, 1.54) is 13.0 Å². The Bertz CT molecular complexity index is 220. The van der Waals surface area contributed by atoms with Crippen LogP contribution in [0.1, 0.15) is 20.3 Å². The molecule has 0 amide bonds. The molecule has 1 saturated heterocycles. The molecular weight excluding hydrogens is 204 g/mol. The van der Waals surface area contributed by atoms with Gasteiger partial charge < -0.3 is 10.2 Å². The van der Waals surface area contributed by atoms with Crippen molar-refractivity contribution in [2.75, 3.05) is 37.7 Å². The van der Waals surface area contributed by atoms with Crippen molar-refractivity contribution in [1.82, 2.24) is 10.2 Å². The molecule has 0 radical (unpaired) electrons. The van der Waals surface area contributed by atoms with E-state index >= 15 is 0 Å². The lowest BCUT2D eigenvalue weighted by Gasteiger charge is -2.29. The monoisotopic (exact) mass is 226 g/mol. The summed E-state index contributed by atoms with van der Waals surface area (Å²) >= 11 is 1.86. The largest absolute Gasteiger partial charge is 0.310 e. The Hall–Kier alpha value is -0.170. The number of hydrogen-bond donors (Lipinski definition) is 1. The van der Waals surface area contributed by atoms with Gasteiger partial charge in [0.2, 0.25) is 0 Å². The van der Waals surface area contributed by atoms with Gasteiger partial charge in [-0.2, -0.15) is 0 Å². The predicted octanol–water partition coefficient (Wildman–Crippen LogP) is 1.43. The van der Waals surface area contributed by atoms with Gasteiger partial charge >= 0.3 is 0 Å².